The van der Waals surface area contributed by atoms with Crippen molar-refractivity contribution in [1.29, 1.82) is 0 Å². The number of hydrogen-bond donors (Lipinski definition) is 1. The predicted molar refractivity (Wildman–Crippen MR) is 84.3 cm³/mol. The highest BCUT2D eigenvalue weighted by atomic mass is 31.2. The number of hydrogen-bond acceptors (Lipinski definition) is 4. The summed E-state index contributed by atoms with van der Waals surface area (Å²) >= 11 is 0. The number of aryl methyl sites for hydroxylation is 1. The number of amides is 1. The van der Waals surface area contributed by atoms with E-state index in [1.54, 1.807) is 6.92 Å². The average molecular weight is 421 g/mol. The van der Waals surface area contributed by atoms with Crippen LogP contribution in [0.25, 0.3) is 0 Å². The Bertz CT molecular complexity index is 678. The average Bonchev–Trinajstić information content (AvgIpc) is 2.50. The van der Waals surface area contributed by atoms with E-state index in [0.717, 1.165) is 31.3 Å². The minimum absolute atomic E-state index is 0.488. The third kappa shape index (κ3) is 4.47. The molecule has 0 aromatic heterocycles. The van der Waals surface area contributed by atoms with Crippen LogP contribution in [0.1, 0.15) is 29.8 Å². The minimum atomic E-state index is -6.23. The molecule has 0 atom stereocenters. The second kappa shape index (κ2) is 8.20. The van der Waals surface area contributed by atoms with Gasteiger partial charge in [0.25, 0.3) is 5.91 Å². The number of alkyl halides is 6. The van der Waals surface area contributed by atoms with E-state index in [-0.39, 0.29) is 0 Å². The molecule has 1 N–H and O–H groups in total. The molecular formula is C15H18F6NO4P. The highest BCUT2D eigenvalue weighted by molar-refractivity contribution is 7.55. The largest absolute Gasteiger partial charge is 0.432 e. The van der Waals surface area contributed by atoms with Crippen LogP contribution in [0.5, 0.6) is 0 Å². The lowest BCUT2D eigenvalue weighted by Crippen LogP contribution is -2.67. The molecule has 1 amide bonds. The van der Waals surface area contributed by atoms with Gasteiger partial charge < -0.3 is 14.4 Å². The molecular weight excluding hydrogens is 403 g/mol. The number of carbonyl (C=O) groups excluding carboxylic acids is 1. The fourth-order valence-corrected chi connectivity index (χ4v) is 4.19. The quantitative estimate of drug-likeness (QED) is 0.507. The molecule has 0 aliphatic carbocycles. The summed E-state index contributed by atoms with van der Waals surface area (Å²) in [6.45, 7) is 2.16. The lowest BCUT2D eigenvalue weighted by Gasteiger charge is -2.41. The van der Waals surface area contributed by atoms with Crippen molar-refractivity contribution in [3.8, 4) is 0 Å². The Morgan fingerprint density at radius 3 is 1.70 bits per heavy atom. The van der Waals surface area contributed by atoms with Gasteiger partial charge in [0.2, 0.25) is 0 Å². The van der Waals surface area contributed by atoms with Gasteiger partial charge in [-0.05, 0) is 32.9 Å². The van der Waals surface area contributed by atoms with E-state index < -0.39 is 49.9 Å². The van der Waals surface area contributed by atoms with Crippen molar-refractivity contribution < 1.29 is 44.7 Å². The molecule has 0 unspecified atom stereocenters. The molecule has 1 aromatic carbocycles. The second-order valence-corrected chi connectivity index (χ2v) is 7.54. The summed E-state index contributed by atoms with van der Waals surface area (Å²) in [6, 6.07) is 4.72. The first-order valence-corrected chi connectivity index (χ1v) is 9.21. The van der Waals surface area contributed by atoms with Gasteiger partial charge in [-0.2, -0.15) is 26.3 Å². The maximum Gasteiger partial charge on any atom is 0.432 e. The summed E-state index contributed by atoms with van der Waals surface area (Å²) in [5, 5.41) is -4.38. The molecule has 27 heavy (non-hydrogen) atoms. The molecule has 0 spiro atoms. The smallest absolute Gasteiger partial charge is 0.320 e. The molecule has 0 fully saturated rings. The number of benzene rings is 1. The van der Waals surface area contributed by atoms with E-state index in [1.807, 2.05) is 0 Å². The van der Waals surface area contributed by atoms with Gasteiger partial charge >= 0.3 is 25.2 Å². The van der Waals surface area contributed by atoms with Crippen molar-refractivity contribution in [2.45, 2.75) is 38.4 Å². The van der Waals surface area contributed by atoms with Gasteiger partial charge in [-0.15, -0.1) is 0 Å². The molecule has 1 rings (SSSR count). The van der Waals surface area contributed by atoms with Crippen LogP contribution in [-0.2, 0) is 13.6 Å². The van der Waals surface area contributed by atoms with E-state index in [1.165, 1.54) is 12.1 Å². The normalized spacial score (nSPS) is 13.5. The summed E-state index contributed by atoms with van der Waals surface area (Å²) in [6.07, 6.45) is -12.5. The van der Waals surface area contributed by atoms with Crippen molar-refractivity contribution in [2.75, 3.05) is 13.2 Å². The fourth-order valence-electron chi connectivity index (χ4n) is 2.19. The van der Waals surface area contributed by atoms with E-state index in [4.69, 9.17) is 0 Å². The third-order valence-electron chi connectivity index (χ3n) is 3.44. The highest BCUT2D eigenvalue weighted by Crippen LogP contribution is 2.69. The molecule has 12 heteroatoms. The van der Waals surface area contributed by atoms with Crippen molar-refractivity contribution >= 4 is 13.5 Å². The Kier molecular flexibility index (Phi) is 7.12. The third-order valence-corrected chi connectivity index (χ3v) is 6.07. The summed E-state index contributed by atoms with van der Waals surface area (Å²) in [5.74, 6) is -1.73. The molecule has 0 heterocycles. The van der Waals surface area contributed by atoms with Gasteiger partial charge in [0.05, 0.1) is 13.2 Å². The first-order valence-electron chi connectivity index (χ1n) is 7.67. The van der Waals surface area contributed by atoms with Crippen LogP contribution < -0.4 is 5.32 Å². The molecule has 0 aliphatic heterocycles. The zero-order valence-electron chi connectivity index (χ0n) is 14.6. The summed E-state index contributed by atoms with van der Waals surface area (Å²) in [7, 11) is -5.97. The fraction of sp³-hybridized carbons (Fsp3) is 0.533. The van der Waals surface area contributed by atoms with Crippen LogP contribution in [0.4, 0.5) is 26.3 Å². The number of rotatable bonds is 7. The van der Waals surface area contributed by atoms with Gasteiger partial charge in [-0.3, -0.25) is 9.36 Å². The van der Waals surface area contributed by atoms with Crippen molar-refractivity contribution in [1.82, 2.24) is 5.32 Å². The summed E-state index contributed by atoms with van der Waals surface area (Å²) in [5.41, 5.74) is 0.136. The van der Waals surface area contributed by atoms with Crippen molar-refractivity contribution in [2.24, 2.45) is 0 Å². The van der Waals surface area contributed by atoms with E-state index >= 15 is 0 Å². The van der Waals surface area contributed by atoms with Crippen molar-refractivity contribution in [3.05, 3.63) is 35.4 Å². The number of carbonyl (C=O) groups is 1. The molecule has 0 bridgehead atoms. The van der Waals surface area contributed by atoms with Crippen LogP contribution in [0.3, 0.4) is 0 Å². The Morgan fingerprint density at radius 1 is 0.963 bits per heavy atom. The van der Waals surface area contributed by atoms with Crippen LogP contribution in [-0.4, -0.2) is 36.8 Å². The van der Waals surface area contributed by atoms with Crippen LogP contribution in [0.15, 0.2) is 24.3 Å². The van der Waals surface area contributed by atoms with Gasteiger partial charge in [-0.25, -0.2) is 0 Å². The SMILES string of the molecule is CCOP(=O)(OCC)C(NC(=O)c1ccc(C)cc1)(C(F)(F)F)C(F)(F)F. The van der Waals surface area contributed by atoms with Gasteiger partial charge in [-0.1, -0.05) is 17.7 Å². The second-order valence-electron chi connectivity index (χ2n) is 5.36. The maximum absolute atomic E-state index is 13.7. The Labute approximate surface area is 151 Å². The molecule has 0 saturated carbocycles. The monoisotopic (exact) mass is 421 g/mol. The molecule has 1 aromatic rings. The topological polar surface area (TPSA) is 64.6 Å². The van der Waals surface area contributed by atoms with E-state index in [9.17, 15) is 35.7 Å². The van der Waals surface area contributed by atoms with Gasteiger partial charge in [0.1, 0.15) is 0 Å². The molecule has 0 radical (unpaired) electrons. The zero-order chi connectivity index (χ0) is 21.1. The van der Waals surface area contributed by atoms with Crippen LogP contribution in [0.2, 0.25) is 0 Å². The van der Waals surface area contributed by atoms with Gasteiger partial charge in [0.15, 0.2) is 0 Å². The first kappa shape index (κ1) is 23.5. The Balaban J connectivity index is 3.64. The molecule has 154 valence electrons. The van der Waals surface area contributed by atoms with E-state index in [2.05, 4.69) is 9.05 Å². The minimum Gasteiger partial charge on any atom is -0.320 e. The predicted octanol–water partition coefficient (Wildman–Crippen LogP) is 4.81. The lowest BCUT2D eigenvalue weighted by atomic mass is 10.1. The number of nitrogens with one attached hydrogen (secondary N) is 1. The zero-order valence-corrected chi connectivity index (χ0v) is 15.5. The summed E-state index contributed by atoms with van der Waals surface area (Å²) < 4.78 is 103. The Morgan fingerprint density at radius 2 is 1.37 bits per heavy atom. The van der Waals surface area contributed by atoms with Crippen molar-refractivity contribution in [3.63, 3.8) is 0 Å². The van der Waals surface area contributed by atoms with Gasteiger partial charge in [0, 0.05) is 5.56 Å². The maximum atomic E-state index is 13.7. The Hall–Kier alpha value is -1.58. The van der Waals surface area contributed by atoms with Crippen LogP contribution >= 0.6 is 7.60 Å². The standard InChI is InChI=1S/C15H18F6NO4P/c1-4-25-27(24,26-5-2)13(14(16,17)18,15(19,20)21)22-12(23)11-8-6-10(3)7-9-11/h6-9H,4-5H2,1-3H3,(H,22,23). The molecule has 0 aliphatic rings. The highest BCUT2D eigenvalue weighted by Gasteiger charge is 2.82. The van der Waals surface area contributed by atoms with E-state index in [0.29, 0.717) is 5.56 Å². The number of halogens is 6. The summed E-state index contributed by atoms with van der Waals surface area (Å²) in [4.78, 5) is 12.2. The molecule has 5 nitrogen and oxygen atoms in total. The first-order chi connectivity index (χ1) is 12.3. The van der Waals surface area contributed by atoms with Crippen LogP contribution in [0, 0.1) is 6.92 Å². The molecule has 0 saturated heterocycles. The lowest BCUT2D eigenvalue weighted by molar-refractivity contribution is -0.279.